The lowest BCUT2D eigenvalue weighted by atomic mass is 9.99. The fourth-order valence-electron chi connectivity index (χ4n) is 2.08. The fraction of sp³-hybridized carbons (Fsp3) is 0.579. The molecule has 0 nitrogen and oxygen atoms in total. The monoisotopic (exact) mass is 260 g/mol. The molecule has 0 saturated carbocycles. The Morgan fingerprint density at radius 2 is 1.84 bits per heavy atom. The zero-order valence-corrected chi connectivity index (χ0v) is 13.3. The molecule has 0 aromatic carbocycles. The summed E-state index contributed by atoms with van der Waals surface area (Å²) in [5.74, 6) is 0.897. The summed E-state index contributed by atoms with van der Waals surface area (Å²) < 4.78 is 0. The molecular formula is C19H32. The Morgan fingerprint density at radius 3 is 2.42 bits per heavy atom. The van der Waals surface area contributed by atoms with Crippen LogP contribution >= 0.6 is 0 Å². The average Bonchev–Trinajstić information content (AvgIpc) is 2.41. The molecule has 108 valence electrons. The number of rotatable bonds is 11. The third kappa shape index (κ3) is 10.6. The van der Waals surface area contributed by atoms with Crippen LogP contribution in [0.1, 0.15) is 65.7 Å². The van der Waals surface area contributed by atoms with Crippen molar-refractivity contribution in [1.82, 2.24) is 0 Å². The maximum atomic E-state index is 4.13. The zero-order chi connectivity index (χ0) is 14.5. The van der Waals surface area contributed by atoms with Crippen molar-refractivity contribution < 1.29 is 0 Å². The molecule has 0 fully saturated rings. The molecule has 0 aromatic heterocycles. The Hall–Kier alpha value is -1.04. The van der Waals surface area contributed by atoms with Crippen LogP contribution in [0.3, 0.4) is 0 Å². The molecule has 0 aromatic rings. The molecule has 0 aliphatic rings. The largest absolute Gasteiger partial charge is 0.0985 e. The molecule has 1 atom stereocenters. The Morgan fingerprint density at radius 1 is 1.16 bits per heavy atom. The normalized spacial score (nSPS) is 13.7. The van der Waals surface area contributed by atoms with Crippen LogP contribution in [0.15, 0.2) is 48.6 Å². The van der Waals surface area contributed by atoms with Gasteiger partial charge in [-0.1, -0.05) is 89.0 Å². The standard InChI is InChI=1S/C19H32/c1-6-13-19(8-3)16-18(5)15-12-10-9-11-14-17(4)7-2/h6,8,13,16-17H,3,5,7,9-12,14-15H2,1-2,4H3. The minimum Gasteiger partial charge on any atom is -0.0985 e. The highest BCUT2D eigenvalue weighted by Crippen LogP contribution is 2.16. The maximum Gasteiger partial charge on any atom is -0.0263 e. The van der Waals surface area contributed by atoms with E-state index in [-0.39, 0.29) is 0 Å². The predicted octanol–water partition coefficient (Wildman–Crippen LogP) is 6.62. The van der Waals surface area contributed by atoms with Crippen LogP contribution < -0.4 is 0 Å². The summed E-state index contributed by atoms with van der Waals surface area (Å²) in [4.78, 5) is 0. The molecule has 0 saturated heterocycles. The molecule has 0 aliphatic carbocycles. The van der Waals surface area contributed by atoms with E-state index in [4.69, 9.17) is 0 Å². The molecule has 0 rings (SSSR count). The van der Waals surface area contributed by atoms with E-state index >= 15 is 0 Å². The zero-order valence-electron chi connectivity index (χ0n) is 13.3. The molecule has 0 heterocycles. The minimum atomic E-state index is 0.897. The van der Waals surface area contributed by atoms with Gasteiger partial charge in [-0.15, -0.1) is 0 Å². The summed E-state index contributed by atoms with van der Waals surface area (Å²) in [6.07, 6.45) is 17.3. The van der Waals surface area contributed by atoms with E-state index in [2.05, 4.69) is 39.2 Å². The van der Waals surface area contributed by atoms with Crippen LogP contribution in [-0.2, 0) is 0 Å². The molecule has 1 unspecified atom stereocenters. The number of hydrogen-bond acceptors (Lipinski definition) is 0. The molecule has 0 amide bonds. The summed E-state index contributed by atoms with van der Waals surface area (Å²) in [6, 6.07) is 0. The minimum absolute atomic E-state index is 0.897. The molecule has 0 heteroatoms. The Labute approximate surface area is 121 Å². The van der Waals surface area contributed by atoms with Gasteiger partial charge < -0.3 is 0 Å². The quantitative estimate of drug-likeness (QED) is 0.289. The second-order valence-corrected chi connectivity index (χ2v) is 5.47. The van der Waals surface area contributed by atoms with E-state index in [9.17, 15) is 0 Å². The number of hydrogen-bond donors (Lipinski definition) is 0. The number of unbranched alkanes of at least 4 members (excludes halogenated alkanes) is 3. The van der Waals surface area contributed by atoms with Crippen LogP contribution in [-0.4, -0.2) is 0 Å². The smallest absolute Gasteiger partial charge is 0.0263 e. The first-order valence-electron chi connectivity index (χ1n) is 7.78. The fourth-order valence-corrected chi connectivity index (χ4v) is 2.08. The molecule has 19 heavy (non-hydrogen) atoms. The van der Waals surface area contributed by atoms with Gasteiger partial charge in [-0.3, -0.25) is 0 Å². The molecule has 0 N–H and O–H groups in total. The predicted molar refractivity (Wildman–Crippen MR) is 89.4 cm³/mol. The third-order valence-corrected chi connectivity index (χ3v) is 3.61. The Balaban J connectivity index is 3.72. The van der Waals surface area contributed by atoms with E-state index in [1.807, 2.05) is 19.1 Å². The van der Waals surface area contributed by atoms with Crippen molar-refractivity contribution in [1.29, 1.82) is 0 Å². The average molecular weight is 260 g/mol. The second kappa shape index (κ2) is 12.0. The summed E-state index contributed by atoms with van der Waals surface area (Å²) in [5.41, 5.74) is 2.37. The summed E-state index contributed by atoms with van der Waals surface area (Å²) >= 11 is 0. The number of allylic oxidation sites excluding steroid dienone is 6. The first-order valence-corrected chi connectivity index (χ1v) is 7.78. The highest BCUT2D eigenvalue weighted by Gasteiger charge is 1.98. The Kier molecular flexibility index (Phi) is 11.4. The van der Waals surface area contributed by atoms with E-state index in [0.29, 0.717) is 0 Å². The van der Waals surface area contributed by atoms with Gasteiger partial charge in [0, 0.05) is 0 Å². The lowest BCUT2D eigenvalue weighted by Crippen LogP contribution is -1.91. The van der Waals surface area contributed by atoms with Gasteiger partial charge in [-0.25, -0.2) is 0 Å². The van der Waals surface area contributed by atoms with Crippen LogP contribution in [0.5, 0.6) is 0 Å². The summed E-state index contributed by atoms with van der Waals surface area (Å²) in [7, 11) is 0. The van der Waals surface area contributed by atoms with Crippen LogP contribution in [0, 0.1) is 5.92 Å². The van der Waals surface area contributed by atoms with Crippen molar-refractivity contribution in [3.63, 3.8) is 0 Å². The van der Waals surface area contributed by atoms with Crippen molar-refractivity contribution in [2.75, 3.05) is 0 Å². The van der Waals surface area contributed by atoms with Gasteiger partial charge in [-0.2, -0.15) is 0 Å². The van der Waals surface area contributed by atoms with Crippen molar-refractivity contribution in [3.8, 4) is 0 Å². The van der Waals surface area contributed by atoms with Crippen molar-refractivity contribution in [2.45, 2.75) is 65.7 Å². The van der Waals surface area contributed by atoms with Crippen molar-refractivity contribution >= 4 is 0 Å². The van der Waals surface area contributed by atoms with Crippen molar-refractivity contribution in [3.05, 3.63) is 48.6 Å². The second-order valence-electron chi connectivity index (χ2n) is 5.47. The van der Waals surface area contributed by atoms with Gasteiger partial charge >= 0.3 is 0 Å². The van der Waals surface area contributed by atoms with Gasteiger partial charge in [0.2, 0.25) is 0 Å². The van der Waals surface area contributed by atoms with Crippen molar-refractivity contribution in [2.24, 2.45) is 5.92 Å². The van der Waals surface area contributed by atoms with E-state index in [1.54, 1.807) is 0 Å². The lowest BCUT2D eigenvalue weighted by molar-refractivity contribution is 0.475. The highest BCUT2D eigenvalue weighted by molar-refractivity contribution is 5.35. The van der Waals surface area contributed by atoms with E-state index < -0.39 is 0 Å². The topological polar surface area (TPSA) is 0 Å². The first kappa shape index (κ1) is 18.0. The molecular weight excluding hydrogens is 228 g/mol. The molecule has 0 aliphatic heterocycles. The van der Waals surface area contributed by atoms with Crippen LogP contribution in [0.2, 0.25) is 0 Å². The lowest BCUT2D eigenvalue weighted by Gasteiger charge is -2.07. The summed E-state index contributed by atoms with van der Waals surface area (Å²) in [5, 5.41) is 0. The summed E-state index contributed by atoms with van der Waals surface area (Å²) in [6.45, 7) is 14.6. The van der Waals surface area contributed by atoms with Gasteiger partial charge in [-0.05, 0) is 31.3 Å². The molecule has 0 radical (unpaired) electrons. The molecule has 0 spiro atoms. The van der Waals surface area contributed by atoms with Gasteiger partial charge in [0.15, 0.2) is 0 Å². The van der Waals surface area contributed by atoms with E-state index in [1.165, 1.54) is 44.1 Å². The third-order valence-electron chi connectivity index (χ3n) is 3.61. The maximum absolute atomic E-state index is 4.13. The SMILES string of the molecule is C=CC(C=CC)=CC(=C)CCCCCCC(C)CC. The van der Waals surface area contributed by atoms with Gasteiger partial charge in [0.25, 0.3) is 0 Å². The van der Waals surface area contributed by atoms with Gasteiger partial charge in [0.05, 0.1) is 0 Å². The highest BCUT2D eigenvalue weighted by atomic mass is 14.0. The molecule has 0 bridgehead atoms. The van der Waals surface area contributed by atoms with E-state index in [0.717, 1.165) is 17.9 Å². The Bertz CT molecular complexity index is 304. The first-order chi connectivity index (χ1) is 9.13. The van der Waals surface area contributed by atoms with Crippen LogP contribution in [0.4, 0.5) is 0 Å². The van der Waals surface area contributed by atoms with Gasteiger partial charge in [0.1, 0.15) is 0 Å². The van der Waals surface area contributed by atoms with Crippen LogP contribution in [0.25, 0.3) is 0 Å².